The van der Waals surface area contributed by atoms with E-state index in [2.05, 4.69) is 9.46 Å². The predicted octanol–water partition coefficient (Wildman–Crippen LogP) is 2.99. The fourth-order valence-corrected chi connectivity index (χ4v) is 4.47. The van der Waals surface area contributed by atoms with Crippen molar-refractivity contribution in [3.05, 3.63) is 58.1 Å². The Morgan fingerprint density at radius 3 is 1.96 bits per heavy atom. The van der Waals surface area contributed by atoms with Gasteiger partial charge in [0.1, 0.15) is 0 Å². The Morgan fingerprint density at radius 2 is 1.44 bits per heavy atom. The maximum atomic E-state index is 13.0. The van der Waals surface area contributed by atoms with Gasteiger partial charge in [0.25, 0.3) is 10.0 Å². The van der Waals surface area contributed by atoms with E-state index in [0.717, 1.165) is 5.56 Å². The van der Waals surface area contributed by atoms with Crippen molar-refractivity contribution in [2.75, 3.05) is 18.9 Å². The Bertz CT molecular complexity index is 988. The number of carbonyl (C=O) groups excluding carboxylic acids is 2. The SMILES string of the molecule is COC(=O)c1ccc(C(=O)OC)c(NS(=O)(=O)c2c(C)cc(C)cc2C)c1. The van der Waals surface area contributed by atoms with Crippen LogP contribution in [0.5, 0.6) is 0 Å². The summed E-state index contributed by atoms with van der Waals surface area (Å²) in [5, 5.41) is 0. The molecular formula is C19H21NO6S. The third-order valence-corrected chi connectivity index (χ3v) is 5.63. The molecule has 0 aromatic heterocycles. The van der Waals surface area contributed by atoms with Crippen molar-refractivity contribution in [1.82, 2.24) is 0 Å². The first kappa shape index (κ1) is 20.4. The van der Waals surface area contributed by atoms with Crippen LogP contribution in [0, 0.1) is 20.8 Å². The molecule has 0 amide bonds. The number of sulfonamides is 1. The Balaban J connectivity index is 2.60. The molecule has 0 heterocycles. The lowest BCUT2D eigenvalue weighted by atomic mass is 10.1. The first-order valence-corrected chi connectivity index (χ1v) is 9.50. The molecule has 2 aromatic rings. The number of benzene rings is 2. The van der Waals surface area contributed by atoms with Gasteiger partial charge in [0.05, 0.1) is 35.9 Å². The topological polar surface area (TPSA) is 98.8 Å². The minimum absolute atomic E-state index is 0.0175. The predicted molar refractivity (Wildman–Crippen MR) is 101 cm³/mol. The van der Waals surface area contributed by atoms with E-state index in [-0.39, 0.29) is 21.7 Å². The summed E-state index contributed by atoms with van der Waals surface area (Å²) in [6, 6.07) is 7.43. The number of aryl methyl sites for hydroxylation is 3. The van der Waals surface area contributed by atoms with Gasteiger partial charge in [-0.3, -0.25) is 4.72 Å². The summed E-state index contributed by atoms with van der Waals surface area (Å²) in [7, 11) is -1.62. The molecule has 7 nitrogen and oxygen atoms in total. The van der Waals surface area contributed by atoms with E-state index < -0.39 is 22.0 Å². The Labute approximate surface area is 158 Å². The Morgan fingerprint density at radius 1 is 0.889 bits per heavy atom. The van der Waals surface area contributed by atoms with Gasteiger partial charge in [0.15, 0.2) is 0 Å². The van der Waals surface area contributed by atoms with Crippen molar-refractivity contribution < 1.29 is 27.5 Å². The molecule has 27 heavy (non-hydrogen) atoms. The van der Waals surface area contributed by atoms with Crippen molar-refractivity contribution >= 4 is 27.6 Å². The fourth-order valence-electron chi connectivity index (χ4n) is 2.95. The maximum Gasteiger partial charge on any atom is 0.339 e. The number of ether oxygens (including phenoxy) is 2. The smallest absolute Gasteiger partial charge is 0.339 e. The zero-order valence-corrected chi connectivity index (χ0v) is 16.6. The van der Waals surface area contributed by atoms with Gasteiger partial charge in [-0.15, -0.1) is 0 Å². The van der Waals surface area contributed by atoms with Crippen LogP contribution in [-0.4, -0.2) is 34.6 Å². The Kier molecular flexibility index (Phi) is 5.90. The van der Waals surface area contributed by atoms with E-state index in [4.69, 9.17) is 4.74 Å². The van der Waals surface area contributed by atoms with Crippen LogP contribution in [-0.2, 0) is 19.5 Å². The molecule has 2 aromatic carbocycles. The average Bonchev–Trinajstić information content (AvgIpc) is 2.58. The number of esters is 2. The molecule has 8 heteroatoms. The zero-order chi connectivity index (χ0) is 20.4. The van der Waals surface area contributed by atoms with E-state index in [1.165, 1.54) is 32.4 Å². The number of rotatable bonds is 5. The number of nitrogens with one attached hydrogen (secondary N) is 1. The fraction of sp³-hybridized carbons (Fsp3) is 0.263. The van der Waals surface area contributed by atoms with E-state index in [0.29, 0.717) is 11.1 Å². The standard InChI is InChI=1S/C19H21NO6S/c1-11-8-12(2)17(13(3)9-11)27(23,24)20-16-10-14(18(21)25-4)6-7-15(16)19(22)26-5/h6-10,20H,1-5H3. The van der Waals surface area contributed by atoms with Gasteiger partial charge in [0.2, 0.25) is 0 Å². The first-order chi connectivity index (χ1) is 12.6. The minimum atomic E-state index is -4.01. The highest BCUT2D eigenvalue weighted by molar-refractivity contribution is 7.92. The third kappa shape index (κ3) is 4.28. The van der Waals surface area contributed by atoms with Crippen LogP contribution < -0.4 is 4.72 Å². The second kappa shape index (κ2) is 7.79. The average molecular weight is 391 g/mol. The van der Waals surface area contributed by atoms with Gasteiger partial charge in [-0.1, -0.05) is 17.7 Å². The van der Waals surface area contributed by atoms with Crippen LogP contribution >= 0.6 is 0 Å². The highest BCUT2D eigenvalue weighted by atomic mass is 32.2. The van der Waals surface area contributed by atoms with Crippen molar-refractivity contribution in [2.45, 2.75) is 25.7 Å². The van der Waals surface area contributed by atoms with Gasteiger partial charge < -0.3 is 9.47 Å². The Hall–Kier alpha value is -2.87. The number of anilines is 1. The molecular weight excluding hydrogens is 370 g/mol. The molecule has 0 aliphatic carbocycles. The third-order valence-electron chi connectivity index (χ3n) is 3.96. The van der Waals surface area contributed by atoms with E-state index in [9.17, 15) is 18.0 Å². The van der Waals surface area contributed by atoms with Crippen molar-refractivity contribution in [2.24, 2.45) is 0 Å². The lowest BCUT2D eigenvalue weighted by Gasteiger charge is -2.16. The minimum Gasteiger partial charge on any atom is -0.465 e. The summed E-state index contributed by atoms with van der Waals surface area (Å²) in [6.07, 6.45) is 0. The molecule has 0 aliphatic heterocycles. The molecule has 0 fully saturated rings. The molecule has 0 unspecified atom stereocenters. The molecule has 0 aliphatic rings. The quantitative estimate of drug-likeness (QED) is 0.787. The normalized spacial score (nSPS) is 11.0. The van der Waals surface area contributed by atoms with Gasteiger partial charge in [-0.25, -0.2) is 18.0 Å². The van der Waals surface area contributed by atoms with Crippen LogP contribution in [0.4, 0.5) is 5.69 Å². The number of hydrogen-bond donors (Lipinski definition) is 1. The zero-order valence-electron chi connectivity index (χ0n) is 15.7. The molecule has 2 rings (SSSR count). The van der Waals surface area contributed by atoms with Gasteiger partial charge in [-0.05, 0) is 50.1 Å². The molecule has 0 spiro atoms. The highest BCUT2D eigenvalue weighted by Gasteiger charge is 2.24. The molecule has 0 atom stereocenters. The second-order valence-corrected chi connectivity index (χ2v) is 7.70. The van der Waals surface area contributed by atoms with Gasteiger partial charge in [0, 0.05) is 0 Å². The lowest BCUT2D eigenvalue weighted by molar-refractivity contribution is 0.0587. The summed E-state index contributed by atoms with van der Waals surface area (Å²) >= 11 is 0. The second-order valence-electron chi connectivity index (χ2n) is 6.08. The van der Waals surface area contributed by atoms with Crippen molar-refractivity contribution in [3.8, 4) is 0 Å². The van der Waals surface area contributed by atoms with Crippen molar-refractivity contribution in [3.63, 3.8) is 0 Å². The molecule has 0 saturated heterocycles. The maximum absolute atomic E-state index is 13.0. The van der Waals surface area contributed by atoms with Crippen LogP contribution in [0.3, 0.4) is 0 Å². The number of hydrogen-bond acceptors (Lipinski definition) is 6. The van der Waals surface area contributed by atoms with Gasteiger partial charge in [-0.2, -0.15) is 0 Å². The summed E-state index contributed by atoms with van der Waals surface area (Å²) < 4.78 is 37.7. The summed E-state index contributed by atoms with van der Waals surface area (Å²) in [5.74, 6) is -1.39. The van der Waals surface area contributed by atoms with Crippen molar-refractivity contribution in [1.29, 1.82) is 0 Å². The summed E-state index contributed by atoms with van der Waals surface area (Å²) in [6.45, 7) is 5.26. The first-order valence-electron chi connectivity index (χ1n) is 8.02. The lowest BCUT2D eigenvalue weighted by Crippen LogP contribution is -2.19. The van der Waals surface area contributed by atoms with Crippen LogP contribution in [0.25, 0.3) is 0 Å². The largest absolute Gasteiger partial charge is 0.465 e. The monoisotopic (exact) mass is 391 g/mol. The van der Waals surface area contributed by atoms with Crippen LogP contribution in [0.1, 0.15) is 37.4 Å². The summed E-state index contributed by atoms with van der Waals surface area (Å²) in [4.78, 5) is 23.9. The molecule has 1 N–H and O–H groups in total. The molecule has 144 valence electrons. The molecule has 0 saturated carbocycles. The van der Waals surface area contributed by atoms with E-state index in [1.54, 1.807) is 26.0 Å². The number of carbonyl (C=O) groups is 2. The summed E-state index contributed by atoms with van der Waals surface area (Å²) in [5.41, 5.74) is 2.10. The highest BCUT2D eigenvalue weighted by Crippen LogP contribution is 2.27. The molecule has 0 bridgehead atoms. The van der Waals surface area contributed by atoms with E-state index >= 15 is 0 Å². The van der Waals surface area contributed by atoms with Crippen LogP contribution in [0.15, 0.2) is 35.2 Å². The van der Waals surface area contributed by atoms with Gasteiger partial charge >= 0.3 is 11.9 Å². The number of methoxy groups -OCH3 is 2. The van der Waals surface area contributed by atoms with E-state index in [1.807, 2.05) is 6.92 Å². The molecule has 0 radical (unpaired) electrons. The van der Waals surface area contributed by atoms with Crippen LogP contribution in [0.2, 0.25) is 0 Å².